The summed E-state index contributed by atoms with van der Waals surface area (Å²) in [6.07, 6.45) is 4.36. The number of hydrogen-bond acceptors (Lipinski definition) is 2. The van der Waals surface area contributed by atoms with Gasteiger partial charge < -0.3 is 0 Å². The zero-order chi connectivity index (χ0) is 8.36. The van der Waals surface area contributed by atoms with Gasteiger partial charge in [0.15, 0.2) is 0 Å². The fraction of sp³-hybridized carbons (Fsp3) is 1.00. The molecule has 0 aromatic carbocycles. The van der Waals surface area contributed by atoms with E-state index in [1.54, 1.807) is 0 Å². The molecule has 11 heavy (non-hydrogen) atoms. The van der Waals surface area contributed by atoms with Crippen LogP contribution in [0.2, 0.25) is 10.5 Å². The predicted octanol–water partition coefficient (Wildman–Crippen LogP) is 1.07. The molecule has 2 radical (unpaired) electrons. The third-order valence-electron chi connectivity index (χ3n) is 1.52. The zero-order valence-corrected chi connectivity index (χ0v) is 9.15. The molecule has 0 saturated heterocycles. The van der Waals surface area contributed by atoms with Gasteiger partial charge in [0.25, 0.3) is 0 Å². The third-order valence-corrected chi connectivity index (χ3v) is 4.49. The summed E-state index contributed by atoms with van der Waals surface area (Å²) in [6.45, 7) is 0.700. The molecule has 0 bridgehead atoms. The second-order valence-electron chi connectivity index (χ2n) is 2.61. The molecule has 2 nitrogen and oxygen atoms in total. The van der Waals surface area contributed by atoms with Crippen LogP contribution in [0.25, 0.3) is 0 Å². The molecule has 0 atom stereocenters. The number of aliphatic hydroxyl groups is 2. The molecule has 0 rings (SSSR count). The molecule has 0 aromatic rings. The van der Waals surface area contributed by atoms with Crippen molar-refractivity contribution in [1.82, 2.24) is 0 Å². The predicted molar refractivity (Wildman–Crippen MR) is 48.0 cm³/mol. The van der Waals surface area contributed by atoms with E-state index in [-0.39, 0.29) is 15.4 Å². The van der Waals surface area contributed by atoms with E-state index in [0.29, 0.717) is 13.2 Å². The molecule has 0 aliphatic carbocycles. The van der Waals surface area contributed by atoms with Gasteiger partial charge in [-0.05, 0) is 0 Å². The first kappa shape index (κ1) is 11.5. The molecule has 0 aliphatic rings. The van der Waals surface area contributed by atoms with Crippen LogP contribution in [0.15, 0.2) is 0 Å². The van der Waals surface area contributed by atoms with Crippen molar-refractivity contribution in [3.8, 4) is 0 Å². The Morgan fingerprint density at radius 3 is 1.55 bits per heavy atom. The van der Waals surface area contributed by atoms with Crippen molar-refractivity contribution in [2.45, 2.75) is 36.2 Å². The van der Waals surface area contributed by atoms with Gasteiger partial charge in [0.2, 0.25) is 0 Å². The van der Waals surface area contributed by atoms with Crippen molar-refractivity contribution in [2.75, 3.05) is 13.2 Å². The number of aliphatic hydroxyl groups excluding tert-OH is 2. The first-order valence-corrected chi connectivity index (χ1v) is 7.31. The molecule has 0 amide bonds. The molecular formula is C8H18GeO2. The van der Waals surface area contributed by atoms with E-state index in [4.69, 9.17) is 10.2 Å². The van der Waals surface area contributed by atoms with E-state index in [2.05, 4.69) is 0 Å². The van der Waals surface area contributed by atoms with E-state index >= 15 is 0 Å². The van der Waals surface area contributed by atoms with E-state index < -0.39 is 0 Å². The Kier molecular flexibility index (Phi) is 10.9. The summed E-state index contributed by atoms with van der Waals surface area (Å²) >= 11 is 0.259. The van der Waals surface area contributed by atoms with E-state index in [0.717, 1.165) is 12.8 Å². The van der Waals surface area contributed by atoms with Crippen molar-refractivity contribution in [3.63, 3.8) is 0 Å². The van der Waals surface area contributed by atoms with Crippen molar-refractivity contribution in [3.05, 3.63) is 0 Å². The van der Waals surface area contributed by atoms with Crippen LogP contribution < -0.4 is 0 Å². The van der Waals surface area contributed by atoms with Crippen LogP contribution in [0.1, 0.15) is 25.7 Å². The topological polar surface area (TPSA) is 40.5 Å². The van der Waals surface area contributed by atoms with Gasteiger partial charge in [0.1, 0.15) is 0 Å². The molecule has 0 aromatic heterocycles. The molecule has 3 heteroatoms. The van der Waals surface area contributed by atoms with Crippen LogP contribution in [0.5, 0.6) is 0 Å². The molecule has 0 unspecified atom stereocenters. The Morgan fingerprint density at radius 1 is 0.727 bits per heavy atom. The van der Waals surface area contributed by atoms with Crippen molar-refractivity contribution in [1.29, 1.82) is 0 Å². The molecule has 0 spiro atoms. The van der Waals surface area contributed by atoms with Gasteiger partial charge in [-0.15, -0.1) is 0 Å². The number of unbranched alkanes of at least 4 members (excludes halogenated alkanes) is 2. The summed E-state index contributed by atoms with van der Waals surface area (Å²) in [5.74, 6) is 0. The Hall–Kier alpha value is 0.463. The van der Waals surface area contributed by atoms with Crippen molar-refractivity contribution in [2.24, 2.45) is 0 Å². The Balaban J connectivity index is 2.69. The van der Waals surface area contributed by atoms with Gasteiger partial charge in [0, 0.05) is 0 Å². The average molecular weight is 219 g/mol. The van der Waals surface area contributed by atoms with Gasteiger partial charge in [0.05, 0.1) is 0 Å². The fourth-order valence-electron chi connectivity index (χ4n) is 0.849. The maximum absolute atomic E-state index is 8.49. The third kappa shape index (κ3) is 10.5. The van der Waals surface area contributed by atoms with Gasteiger partial charge in [-0.3, -0.25) is 0 Å². The molecule has 0 aliphatic heterocycles. The summed E-state index contributed by atoms with van der Waals surface area (Å²) in [5, 5.41) is 19.7. The normalized spacial score (nSPS) is 10.4. The van der Waals surface area contributed by atoms with E-state index in [9.17, 15) is 0 Å². The minimum absolute atomic E-state index is 0.259. The quantitative estimate of drug-likeness (QED) is 0.473. The Morgan fingerprint density at radius 2 is 1.18 bits per heavy atom. The zero-order valence-electron chi connectivity index (χ0n) is 7.05. The maximum atomic E-state index is 8.49. The Labute approximate surface area is 75.5 Å². The second-order valence-corrected chi connectivity index (χ2v) is 5.76. The summed E-state index contributed by atoms with van der Waals surface area (Å²) < 4.78 is 0. The summed E-state index contributed by atoms with van der Waals surface area (Å²) in [4.78, 5) is 0. The van der Waals surface area contributed by atoms with Crippen molar-refractivity contribution >= 4 is 15.4 Å². The Bertz CT molecular complexity index is 61.1. The molecule has 66 valence electrons. The monoisotopic (exact) mass is 220 g/mol. The molecule has 2 N–H and O–H groups in total. The molecule has 0 fully saturated rings. The molecule has 0 saturated carbocycles. The first-order chi connectivity index (χ1) is 5.41. The van der Waals surface area contributed by atoms with E-state index in [1.807, 2.05) is 0 Å². The standard InChI is InChI=1S/C8H18GeO2/c10-7-3-1-5-9-6-2-4-8-11/h10-11H,1-8H2. The summed E-state index contributed by atoms with van der Waals surface area (Å²) in [7, 11) is 0. The van der Waals surface area contributed by atoms with Crippen LogP contribution in [0.4, 0.5) is 0 Å². The van der Waals surface area contributed by atoms with Gasteiger partial charge in [-0.25, -0.2) is 0 Å². The van der Waals surface area contributed by atoms with Crippen LogP contribution in [0.3, 0.4) is 0 Å². The van der Waals surface area contributed by atoms with Crippen LogP contribution in [-0.2, 0) is 0 Å². The van der Waals surface area contributed by atoms with Gasteiger partial charge in [-0.1, -0.05) is 0 Å². The van der Waals surface area contributed by atoms with Crippen molar-refractivity contribution < 1.29 is 10.2 Å². The van der Waals surface area contributed by atoms with E-state index in [1.165, 1.54) is 23.3 Å². The molecular weight excluding hydrogens is 201 g/mol. The van der Waals surface area contributed by atoms with Gasteiger partial charge >= 0.3 is 75.0 Å². The fourth-order valence-corrected chi connectivity index (χ4v) is 3.47. The average Bonchev–Trinajstić information content (AvgIpc) is 2.03. The van der Waals surface area contributed by atoms with Crippen LogP contribution >= 0.6 is 0 Å². The second kappa shape index (κ2) is 10.5. The van der Waals surface area contributed by atoms with Gasteiger partial charge in [-0.2, -0.15) is 0 Å². The SMILES string of the molecule is OCCC[CH2][Ge][CH2]CCCO. The number of rotatable bonds is 8. The summed E-state index contributed by atoms with van der Waals surface area (Å²) in [6, 6.07) is 0. The summed E-state index contributed by atoms with van der Waals surface area (Å²) in [5.41, 5.74) is 0. The van der Waals surface area contributed by atoms with Crippen LogP contribution in [-0.4, -0.2) is 38.9 Å². The number of hydrogen-bond donors (Lipinski definition) is 2. The minimum atomic E-state index is 0.259. The molecule has 0 heterocycles. The first-order valence-electron chi connectivity index (χ1n) is 4.34. The van der Waals surface area contributed by atoms with Crippen LogP contribution in [0, 0.1) is 0 Å².